The Balaban J connectivity index is 3.03. The SMILES string of the molecule is CC(S)c1nccnc1N. The number of nitrogens with two attached hydrogens (primary N) is 1. The molecular formula is C6H9N3S. The summed E-state index contributed by atoms with van der Waals surface area (Å²) in [6.45, 7) is 1.91. The number of aromatic nitrogens is 2. The van der Waals surface area contributed by atoms with Crippen molar-refractivity contribution in [2.24, 2.45) is 0 Å². The third kappa shape index (κ3) is 1.39. The summed E-state index contributed by atoms with van der Waals surface area (Å²) in [6.07, 6.45) is 3.17. The van der Waals surface area contributed by atoms with Crippen molar-refractivity contribution in [3.8, 4) is 0 Å². The molecule has 1 aromatic heterocycles. The largest absolute Gasteiger partial charge is 0.382 e. The van der Waals surface area contributed by atoms with Crippen LogP contribution in [0.5, 0.6) is 0 Å². The Morgan fingerprint density at radius 3 is 2.50 bits per heavy atom. The van der Waals surface area contributed by atoms with Crippen LogP contribution >= 0.6 is 12.6 Å². The predicted molar refractivity (Wildman–Crippen MR) is 43.8 cm³/mol. The van der Waals surface area contributed by atoms with Gasteiger partial charge in [0.05, 0.1) is 5.69 Å². The van der Waals surface area contributed by atoms with Crippen LogP contribution < -0.4 is 5.73 Å². The maximum absolute atomic E-state index is 5.50. The highest BCUT2D eigenvalue weighted by Gasteiger charge is 2.04. The lowest BCUT2D eigenvalue weighted by Gasteiger charge is -2.03. The first-order valence-electron chi connectivity index (χ1n) is 2.96. The van der Waals surface area contributed by atoms with E-state index in [-0.39, 0.29) is 5.25 Å². The zero-order chi connectivity index (χ0) is 7.56. The molecule has 0 aliphatic rings. The second-order valence-corrected chi connectivity index (χ2v) is 2.78. The van der Waals surface area contributed by atoms with Crippen LogP contribution in [0, 0.1) is 0 Å². The average molecular weight is 155 g/mol. The molecule has 1 unspecified atom stereocenters. The van der Waals surface area contributed by atoms with Gasteiger partial charge in [0.1, 0.15) is 5.82 Å². The van der Waals surface area contributed by atoms with Crippen molar-refractivity contribution < 1.29 is 0 Å². The van der Waals surface area contributed by atoms with Crippen LogP contribution in [0.15, 0.2) is 12.4 Å². The van der Waals surface area contributed by atoms with E-state index in [0.29, 0.717) is 5.82 Å². The molecule has 10 heavy (non-hydrogen) atoms. The Morgan fingerprint density at radius 1 is 1.50 bits per heavy atom. The Kier molecular flexibility index (Phi) is 2.11. The molecule has 0 aliphatic heterocycles. The minimum Gasteiger partial charge on any atom is -0.382 e. The van der Waals surface area contributed by atoms with Gasteiger partial charge >= 0.3 is 0 Å². The molecule has 1 aromatic rings. The lowest BCUT2D eigenvalue weighted by molar-refractivity contribution is 0.992. The smallest absolute Gasteiger partial charge is 0.146 e. The molecule has 0 fully saturated rings. The van der Waals surface area contributed by atoms with Gasteiger partial charge in [-0.15, -0.1) is 0 Å². The topological polar surface area (TPSA) is 51.8 Å². The van der Waals surface area contributed by atoms with Crippen LogP contribution in [0.4, 0.5) is 5.82 Å². The van der Waals surface area contributed by atoms with Gasteiger partial charge in [0.15, 0.2) is 0 Å². The molecule has 1 heterocycles. The average Bonchev–Trinajstić information content (AvgIpc) is 1.88. The summed E-state index contributed by atoms with van der Waals surface area (Å²) >= 11 is 4.17. The normalized spacial score (nSPS) is 13.0. The fraction of sp³-hybridized carbons (Fsp3) is 0.333. The molecule has 0 radical (unpaired) electrons. The van der Waals surface area contributed by atoms with Gasteiger partial charge in [-0.1, -0.05) is 0 Å². The molecule has 0 saturated carbocycles. The number of rotatable bonds is 1. The lowest BCUT2D eigenvalue weighted by Crippen LogP contribution is -1.99. The van der Waals surface area contributed by atoms with E-state index in [1.54, 1.807) is 12.4 Å². The highest BCUT2D eigenvalue weighted by atomic mass is 32.1. The molecule has 54 valence electrons. The van der Waals surface area contributed by atoms with E-state index in [1.165, 1.54) is 0 Å². The monoisotopic (exact) mass is 155 g/mol. The summed E-state index contributed by atoms with van der Waals surface area (Å²) in [6, 6.07) is 0. The number of nitrogen functional groups attached to an aromatic ring is 1. The third-order valence-corrected chi connectivity index (χ3v) is 1.40. The van der Waals surface area contributed by atoms with Crippen molar-refractivity contribution in [3.63, 3.8) is 0 Å². The van der Waals surface area contributed by atoms with E-state index in [1.807, 2.05) is 6.92 Å². The first-order chi connectivity index (χ1) is 4.72. The Bertz CT molecular complexity index is 224. The first kappa shape index (κ1) is 7.34. The fourth-order valence-corrected chi connectivity index (χ4v) is 0.880. The summed E-state index contributed by atoms with van der Waals surface area (Å²) in [7, 11) is 0. The van der Waals surface area contributed by atoms with Crippen LogP contribution in [0.1, 0.15) is 17.9 Å². The Labute approximate surface area is 65.1 Å². The number of anilines is 1. The summed E-state index contributed by atoms with van der Waals surface area (Å²) in [5.74, 6) is 0.463. The maximum atomic E-state index is 5.50. The maximum Gasteiger partial charge on any atom is 0.146 e. The second kappa shape index (κ2) is 2.88. The van der Waals surface area contributed by atoms with E-state index in [9.17, 15) is 0 Å². The summed E-state index contributed by atoms with van der Waals surface area (Å²) < 4.78 is 0. The molecule has 0 saturated heterocycles. The van der Waals surface area contributed by atoms with Gasteiger partial charge < -0.3 is 5.73 Å². The van der Waals surface area contributed by atoms with Crippen molar-refractivity contribution in [1.82, 2.24) is 9.97 Å². The van der Waals surface area contributed by atoms with Crippen molar-refractivity contribution in [3.05, 3.63) is 18.1 Å². The van der Waals surface area contributed by atoms with E-state index < -0.39 is 0 Å². The van der Waals surface area contributed by atoms with Crippen molar-refractivity contribution >= 4 is 18.4 Å². The quantitative estimate of drug-likeness (QED) is 0.596. The molecule has 4 heteroatoms. The standard InChI is InChI=1S/C6H9N3S/c1-4(10)5-6(7)9-3-2-8-5/h2-4,10H,1H3,(H2,7,9). The van der Waals surface area contributed by atoms with Crippen LogP contribution in [0.25, 0.3) is 0 Å². The van der Waals surface area contributed by atoms with Crippen molar-refractivity contribution in [1.29, 1.82) is 0 Å². The second-order valence-electron chi connectivity index (χ2n) is 2.00. The molecule has 0 aliphatic carbocycles. The summed E-state index contributed by atoms with van der Waals surface area (Å²) in [5, 5.41) is 0.0497. The molecule has 1 atom stereocenters. The number of hydrogen-bond donors (Lipinski definition) is 2. The van der Waals surface area contributed by atoms with Gasteiger partial charge in [-0.2, -0.15) is 12.6 Å². The highest BCUT2D eigenvalue weighted by molar-refractivity contribution is 7.80. The van der Waals surface area contributed by atoms with Crippen LogP contribution in [0.3, 0.4) is 0 Å². The van der Waals surface area contributed by atoms with Crippen LogP contribution in [0.2, 0.25) is 0 Å². The molecule has 2 N–H and O–H groups in total. The van der Waals surface area contributed by atoms with Crippen molar-refractivity contribution in [2.45, 2.75) is 12.2 Å². The van der Waals surface area contributed by atoms with Crippen molar-refractivity contribution in [2.75, 3.05) is 5.73 Å². The van der Waals surface area contributed by atoms with Gasteiger partial charge in [0.25, 0.3) is 0 Å². The minimum atomic E-state index is 0.0497. The van der Waals surface area contributed by atoms with Gasteiger partial charge in [-0.25, -0.2) is 4.98 Å². The molecule has 0 amide bonds. The lowest BCUT2D eigenvalue weighted by atomic mass is 10.3. The number of nitrogens with zero attached hydrogens (tertiary/aromatic N) is 2. The Hall–Kier alpha value is -0.770. The van der Waals surface area contributed by atoms with Gasteiger partial charge in [-0.3, -0.25) is 4.98 Å². The first-order valence-corrected chi connectivity index (χ1v) is 3.48. The zero-order valence-corrected chi connectivity index (χ0v) is 6.55. The molecule has 3 nitrogen and oxygen atoms in total. The van der Waals surface area contributed by atoms with E-state index >= 15 is 0 Å². The Morgan fingerprint density at radius 2 is 2.10 bits per heavy atom. The third-order valence-electron chi connectivity index (χ3n) is 1.15. The minimum absolute atomic E-state index is 0.0497. The number of thiol groups is 1. The molecule has 1 rings (SSSR count). The van der Waals surface area contributed by atoms with Gasteiger partial charge in [0.2, 0.25) is 0 Å². The van der Waals surface area contributed by atoms with E-state index in [2.05, 4.69) is 22.6 Å². The predicted octanol–water partition coefficient (Wildman–Crippen LogP) is 1.05. The summed E-state index contributed by atoms with van der Waals surface area (Å²) in [5.41, 5.74) is 6.24. The molecule has 0 spiro atoms. The van der Waals surface area contributed by atoms with Gasteiger partial charge in [0, 0.05) is 17.6 Å². The van der Waals surface area contributed by atoms with E-state index in [0.717, 1.165) is 5.69 Å². The zero-order valence-electron chi connectivity index (χ0n) is 5.65. The van der Waals surface area contributed by atoms with Crippen LogP contribution in [-0.4, -0.2) is 9.97 Å². The molecule has 0 aromatic carbocycles. The summed E-state index contributed by atoms with van der Waals surface area (Å²) in [4.78, 5) is 7.88. The number of hydrogen-bond acceptors (Lipinski definition) is 4. The molecule has 0 bridgehead atoms. The molecular weight excluding hydrogens is 146 g/mol. The van der Waals surface area contributed by atoms with Gasteiger partial charge in [-0.05, 0) is 6.92 Å². The highest BCUT2D eigenvalue weighted by Crippen LogP contribution is 2.19. The fourth-order valence-electron chi connectivity index (χ4n) is 0.681. The van der Waals surface area contributed by atoms with E-state index in [4.69, 9.17) is 5.73 Å². The van der Waals surface area contributed by atoms with Crippen LogP contribution in [-0.2, 0) is 0 Å².